The first kappa shape index (κ1) is 17.5. The predicted octanol–water partition coefficient (Wildman–Crippen LogP) is 4.26. The molecule has 4 nitrogen and oxygen atoms in total. The molecule has 0 radical (unpaired) electrons. The van der Waals surface area contributed by atoms with Gasteiger partial charge in [0.15, 0.2) is 0 Å². The number of hydrogen-bond acceptors (Lipinski definition) is 3. The van der Waals surface area contributed by atoms with Crippen molar-refractivity contribution in [2.24, 2.45) is 0 Å². The summed E-state index contributed by atoms with van der Waals surface area (Å²) in [6, 6.07) is 14.0. The Labute approximate surface area is 155 Å². The van der Waals surface area contributed by atoms with Gasteiger partial charge < -0.3 is 4.74 Å². The number of carbonyl (C=O) groups is 2. The second-order valence-corrected chi connectivity index (χ2v) is 6.22. The summed E-state index contributed by atoms with van der Waals surface area (Å²) in [6.07, 6.45) is 0. The summed E-state index contributed by atoms with van der Waals surface area (Å²) < 4.78 is 5.39. The van der Waals surface area contributed by atoms with E-state index in [-0.39, 0.29) is 17.2 Å². The summed E-state index contributed by atoms with van der Waals surface area (Å²) >= 11 is 12.3. The molecule has 0 N–H and O–H groups in total. The standard InChI is InChI=1S/C19H15Cl2NO3/c1-2-25-14-9-7-12(8-10-14)16-17(21)19(24)22(18(16)23)11-13-5-3-4-6-15(13)20/h3-10H,2,11H2,1H3. The molecule has 1 aliphatic heterocycles. The summed E-state index contributed by atoms with van der Waals surface area (Å²) in [4.78, 5) is 26.3. The third kappa shape index (κ3) is 3.41. The van der Waals surface area contributed by atoms with Crippen molar-refractivity contribution in [3.05, 3.63) is 69.7 Å². The molecule has 0 fully saturated rings. The van der Waals surface area contributed by atoms with E-state index < -0.39 is 11.8 Å². The summed E-state index contributed by atoms with van der Waals surface area (Å²) in [7, 11) is 0. The minimum atomic E-state index is -0.518. The molecular weight excluding hydrogens is 361 g/mol. The summed E-state index contributed by atoms with van der Waals surface area (Å²) in [5.41, 5.74) is 1.46. The van der Waals surface area contributed by atoms with Crippen LogP contribution in [0, 0.1) is 0 Å². The topological polar surface area (TPSA) is 46.6 Å². The number of ether oxygens (including phenoxy) is 1. The van der Waals surface area contributed by atoms with Crippen LogP contribution in [0.2, 0.25) is 5.02 Å². The maximum atomic E-state index is 12.7. The highest BCUT2D eigenvalue weighted by Crippen LogP contribution is 2.34. The van der Waals surface area contributed by atoms with Crippen molar-refractivity contribution in [3.63, 3.8) is 0 Å². The molecule has 2 aromatic carbocycles. The van der Waals surface area contributed by atoms with Crippen LogP contribution in [-0.2, 0) is 16.1 Å². The number of carbonyl (C=O) groups excluding carboxylic acids is 2. The molecule has 128 valence electrons. The van der Waals surface area contributed by atoms with Crippen LogP contribution in [0.25, 0.3) is 5.57 Å². The van der Waals surface area contributed by atoms with Gasteiger partial charge in [0.05, 0.1) is 18.7 Å². The quantitative estimate of drug-likeness (QED) is 0.733. The number of rotatable bonds is 5. The molecule has 0 bridgehead atoms. The fourth-order valence-corrected chi connectivity index (χ4v) is 3.11. The van der Waals surface area contributed by atoms with E-state index in [1.165, 1.54) is 0 Å². The van der Waals surface area contributed by atoms with Gasteiger partial charge in [-0.25, -0.2) is 0 Å². The lowest BCUT2D eigenvalue weighted by atomic mass is 10.1. The van der Waals surface area contributed by atoms with E-state index in [0.717, 1.165) is 4.90 Å². The van der Waals surface area contributed by atoms with E-state index in [2.05, 4.69) is 0 Å². The average Bonchev–Trinajstić information content (AvgIpc) is 2.81. The highest BCUT2D eigenvalue weighted by molar-refractivity contribution is 6.55. The van der Waals surface area contributed by atoms with Crippen molar-refractivity contribution in [2.45, 2.75) is 13.5 Å². The van der Waals surface area contributed by atoms with Gasteiger partial charge in [-0.05, 0) is 36.2 Å². The van der Waals surface area contributed by atoms with E-state index in [0.29, 0.717) is 28.5 Å². The Morgan fingerprint density at radius 2 is 1.64 bits per heavy atom. The zero-order chi connectivity index (χ0) is 18.0. The lowest BCUT2D eigenvalue weighted by molar-refractivity contribution is -0.137. The molecule has 3 rings (SSSR count). The van der Waals surface area contributed by atoms with Crippen molar-refractivity contribution in [1.82, 2.24) is 4.90 Å². The van der Waals surface area contributed by atoms with E-state index in [1.54, 1.807) is 48.5 Å². The van der Waals surface area contributed by atoms with E-state index in [4.69, 9.17) is 27.9 Å². The molecule has 0 saturated heterocycles. The van der Waals surface area contributed by atoms with Crippen LogP contribution in [0.1, 0.15) is 18.1 Å². The van der Waals surface area contributed by atoms with E-state index in [1.807, 2.05) is 6.92 Å². The Balaban J connectivity index is 1.88. The predicted molar refractivity (Wildman–Crippen MR) is 97.4 cm³/mol. The minimum Gasteiger partial charge on any atom is -0.494 e. The molecule has 0 saturated carbocycles. The lowest BCUT2D eigenvalue weighted by Gasteiger charge is -2.15. The third-order valence-corrected chi connectivity index (χ3v) is 4.57. The Morgan fingerprint density at radius 1 is 0.960 bits per heavy atom. The number of imide groups is 1. The number of hydrogen-bond donors (Lipinski definition) is 0. The normalized spacial score (nSPS) is 14.4. The Bertz CT molecular complexity index is 859. The van der Waals surface area contributed by atoms with Crippen molar-refractivity contribution in [1.29, 1.82) is 0 Å². The van der Waals surface area contributed by atoms with Crippen molar-refractivity contribution < 1.29 is 14.3 Å². The number of halogens is 2. The molecule has 1 aliphatic rings. The van der Waals surface area contributed by atoms with E-state index in [9.17, 15) is 9.59 Å². The van der Waals surface area contributed by atoms with Gasteiger partial charge in [-0.2, -0.15) is 0 Å². The molecule has 2 amide bonds. The molecular formula is C19H15Cl2NO3. The molecule has 0 aromatic heterocycles. The summed E-state index contributed by atoms with van der Waals surface area (Å²) in [6.45, 7) is 2.51. The van der Waals surface area contributed by atoms with Gasteiger partial charge in [-0.1, -0.05) is 53.5 Å². The molecule has 25 heavy (non-hydrogen) atoms. The third-order valence-electron chi connectivity index (χ3n) is 3.85. The maximum absolute atomic E-state index is 12.7. The van der Waals surface area contributed by atoms with E-state index >= 15 is 0 Å². The summed E-state index contributed by atoms with van der Waals surface area (Å²) in [5.74, 6) is -0.262. The minimum absolute atomic E-state index is 0.0775. The molecule has 6 heteroatoms. The lowest BCUT2D eigenvalue weighted by Crippen LogP contribution is -2.30. The SMILES string of the molecule is CCOc1ccc(C2=C(Cl)C(=O)N(Cc3ccccc3Cl)C2=O)cc1. The van der Waals surface area contributed by atoms with Crippen LogP contribution in [0.4, 0.5) is 0 Å². The molecule has 0 spiro atoms. The van der Waals surface area contributed by atoms with Crippen LogP contribution in [0.15, 0.2) is 53.6 Å². The van der Waals surface area contributed by atoms with Crippen LogP contribution in [0.5, 0.6) is 5.75 Å². The Hall–Kier alpha value is -2.30. The Morgan fingerprint density at radius 3 is 2.28 bits per heavy atom. The second-order valence-electron chi connectivity index (χ2n) is 5.43. The molecule has 0 unspecified atom stereocenters. The monoisotopic (exact) mass is 375 g/mol. The molecule has 0 aliphatic carbocycles. The van der Waals surface area contributed by atoms with Crippen LogP contribution < -0.4 is 4.74 Å². The smallest absolute Gasteiger partial charge is 0.273 e. The average molecular weight is 376 g/mol. The van der Waals surface area contributed by atoms with Gasteiger partial charge in [0.2, 0.25) is 0 Å². The van der Waals surface area contributed by atoms with Gasteiger partial charge in [0.1, 0.15) is 10.8 Å². The van der Waals surface area contributed by atoms with Gasteiger partial charge >= 0.3 is 0 Å². The zero-order valence-corrected chi connectivity index (χ0v) is 15.0. The first-order valence-electron chi connectivity index (χ1n) is 7.75. The van der Waals surface area contributed by atoms with Gasteiger partial charge in [0.25, 0.3) is 11.8 Å². The first-order chi connectivity index (χ1) is 12.0. The van der Waals surface area contributed by atoms with Gasteiger partial charge in [-0.15, -0.1) is 0 Å². The van der Waals surface area contributed by atoms with Gasteiger partial charge in [0, 0.05) is 5.02 Å². The molecule has 0 atom stereocenters. The molecule has 2 aromatic rings. The fourth-order valence-electron chi connectivity index (χ4n) is 2.62. The number of amides is 2. The fraction of sp³-hybridized carbons (Fsp3) is 0.158. The van der Waals surface area contributed by atoms with Crippen molar-refractivity contribution >= 4 is 40.6 Å². The zero-order valence-electron chi connectivity index (χ0n) is 13.5. The number of benzene rings is 2. The van der Waals surface area contributed by atoms with Crippen LogP contribution >= 0.6 is 23.2 Å². The Kier molecular flexibility index (Phi) is 5.11. The number of nitrogens with zero attached hydrogens (tertiary/aromatic N) is 1. The van der Waals surface area contributed by atoms with Crippen LogP contribution in [0.3, 0.4) is 0 Å². The van der Waals surface area contributed by atoms with Crippen molar-refractivity contribution in [3.8, 4) is 5.75 Å². The summed E-state index contributed by atoms with van der Waals surface area (Å²) in [5, 5.41) is 0.412. The highest BCUT2D eigenvalue weighted by Gasteiger charge is 2.38. The highest BCUT2D eigenvalue weighted by atomic mass is 35.5. The second kappa shape index (κ2) is 7.30. The van der Waals surface area contributed by atoms with Gasteiger partial charge in [-0.3, -0.25) is 14.5 Å². The van der Waals surface area contributed by atoms with Crippen molar-refractivity contribution in [2.75, 3.05) is 6.61 Å². The largest absolute Gasteiger partial charge is 0.494 e. The molecule has 1 heterocycles. The first-order valence-corrected chi connectivity index (χ1v) is 8.51. The maximum Gasteiger partial charge on any atom is 0.273 e. The van der Waals surface area contributed by atoms with Crippen LogP contribution in [-0.4, -0.2) is 23.3 Å².